The van der Waals surface area contributed by atoms with E-state index < -0.39 is 24.2 Å². The van der Waals surface area contributed by atoms with E-state index in [-0.39, 0.29) is 0 Å². The Hall–Kier alpha value is -2.83. The van der Waals surface area contributed by atoms with Crippen LogP contribution in [0.1, 0.15) is 0 Å². The maximum Gasteiger partial charge on any atom is 0.412 e. The van der Waals surface area contributed by atoms with Crippen molar-refractivity contribution < 1.29 is 24.3 Å². The monoisotopic (exact) mass is 297 g/mol. The predicted octanol–water partition coefficient (Wildman–Crippen LogP) is -2.48. The molecule has 0 rings (SSSR count). The molecule has 0 aromatic carbocycles. The molecular formula is C6H15N7O5S. The van der Waals surface area contributed by atoms with Crippen LogP contribution in [0.3, 0.4) is 0 Å². The number of hydrogen-bond donors (Lipinski definition) is 8. The number of thiocarbonyl (C=S) groups is 1. The Morgan fingerprint density at radius 1 is 0.895 bits per heavy atom. The summed E-state index contributed by atoms with van der Waals surface area (Å²) in [6.45, 7) is 0. The van der Waals surface area contributed by atoms with Crippen LogP contribution in [-0.4, -0.2) is 41.5 Å². The highest BCUT2D eigenvalue weighted by Crippen LogP contribution is 1.55. The molecule has 0 aliphatic heterocycles. The van der Waals surface area contributed by atoms with Crippen molar-refractivity contribution >= 4 is 41.5 Å². The fourth-order valence-electron chi connectivity index (χ4n) is 0.227. The van der Waals surface area contributed by atoms with E-state index in [1.54, 1.807) is 12.4 Å². The molecule has 0 aliphatic rings. The molecular weight excluding hydrogens is 282 g/mol. The second-order valence-corrected chi connectivity index (χ2v) is 2.70. The average Bonchev–Trinajstić information content (AvgIpc) is 2.14. The van der Waals surface area contributed by atoms with E-state index in [0.717, 1.165) is 0 Å². The Labute approximate surface area is 112 Å². The molecule has 0 heterocycles. The van der Waals surface area contributed by atoms with Gasteiger partial charge in [0.1, 0.15) is 0 Å². The topological polar surface area (TPSA) is 229 Å². The minimum absolute atomic E-state index is 0.338. The lowest BCUT2D eigenvalue weighted by molar-refractivity contribution is 0.193. The number of imide groups is 2. The second kappa shape index (κ2) is 13.2. The van der Waals surface area contributed by atoms with Crippen LogP contribution < -0.4 is 38.9 Å². The zero-order valence-corrected chi connectivity index (χ0v) is 10.6. The number of hydrogen-bond acceptors (Lipinski definition) is 5. The van der Waals surface area contributed by atoms with Gasteiger partial charge in [-0.2, -0.15) is 0 Å². The quantitative estimate of drug-likeness (QED) is 0.222. The standard InChI is InChI=1S/C2H5N3O2.C2H4N2O3.C2H6N2S/c3-1(6)5-2(4)7;3-1(5)4-2(6)7;1-4-2(3)5/h(H5,3,4,5,6,7);(H,6,7)(H3,3,4,5);1H3,(H3,3,4,5). The minimum Gasteiger partial charge on any atom is -0.465 e. The molecule has 12 nitrogen and oxygen atoms in total. The van der Waals surface area contributed by atoms with E-state index >= 15 is 0 Å². The Morgan fingerprint density at radius 2 is 1.16 bits per heavy atom. The first kappa shape index (κ1) is 21.5. The lowest BCUT2D eigenvalue weighted by Crippen LogP contribution is -2.38. The van der Waals surface area contributed by atoms with Crippen LogP contribution in [0.4, 0.5) is 19.2 Å². The maximum atomic E-state index is 9.62. The van der Waals surface area contributed by atoms with Crippen molar-refractivity contribution in [1.82, 2.24) is 16.0 Å². The molecule has 0 aromatic heterocycles. The van der Waals surface area contributed by atoms with Crippen molar-refractivity contribution in [2.75, 3.05) is 7.05 Å². The highest BCUT2D eigenvalue weighted by atomic mass is 32.1. The van der Waals surface area contributed by atoms with Crippen LogP contribution in [0, 0.1) is 0 Å². The van der Waals surface area contributed by atoms with Crippen LogP contribution >= 0.6 is 12.2 Å². The van der Waals surface area contributed by atoms with Crippen molar-refractivity contribution in [3.8, 4) is 0 Å². The molecule has 0 radical (unpaired) electrons. The van der Waals surface area contributed by atoms with E-state index in [0.29, 0.717) is 5.11 Å². The Kier molecular flexibility index (Phi) is 14.9. The third-order valence-electron chi connectivity index (χ3n) is 0.723. The summed E-state index contributed by atoms with van der Waals surface area (Å²) in [5.41, 5.74) is 18.2. The van der Waals surface area contributed by atoms with Gasteiger partial charge in [0.05, 0.1) is 0 Å². The first-order valence-corrected chi connectivity index (χ1v) is 4.56. The molecule has 12 N–H and O–H groups in total. The van der Waals surface area contributed by atoms with Crippen molar-refractivity contribution in [2.45, 2.75) is 0 Å². The third-order valence-corrected chi connectivity index (χ3v) is 0.927. The Bertz CT molecular complexity index is 297. The molecule has 0 spiro atoms. The SMILES string of the molecule is CNC(N)=S.NC(=O)NC(=O)O.NC(=O)NC(N)=O. The van der Waals surface area contributed by atoms with Crippen LogP contribution in [0.15, 0.2) is 0 Å². The molecule has 0 atom stereocenters. The van der Waals surface area contributed by atoms with E-state index in [9.17, 15) is 19.2 Å². The number of carboxylic acid groups (broad SMARTS) is 1. The number of carbonyl (C=O) groups excluding carboxylic acids is 3. The molecule has 0 saturated heterocycles. The highest BCUT2D eigenvalue weighted by molar-refractivity contribution is 7.80. The number of primary amides is 3. The fourth-order valence-corrected chi connectivity index (χ4v) is 0.227. The van der Waals surface area contributed by atoms with E-state index in [2.05, 4.69) is 34.7 Å². The normalized spacial score (nSPS) is 7.21. The number of carbonyl (C=O) groups is 4. The Morgan fingerprint density at radius 3 is 1.16 bits per heavy atom. The highest BCUT2D eigenvalue weighted by Gasteiger charge is 1.94. The number of amides is 7. The van der Waals surface area contributed by atoms with Gasteiger partial charge in [0.15, 0.2) is 5.11 Å². The summed E-state index contributed by atoms with van der Waals surface area (Å²) in [6, 6.07) is -2.94. The summed E-state index contributed by atoms with van der Waals surface area (Å²) < 4.78 is 0. The fraction of sp³-hybridized carbons (Fsp3) is 0.167. The molecule has 7 amide bonds. The van der Waals surface area contributed by atoms with Crippen LogP contribution in [-0.2, 0) is 0 Å². The number of rotatable bonds is 0. The van der Waals surface area contributed by atoms with Crippen molar-refractivity contribution in [3.63, 3.8) is 0 Å². The van der Waals surface area contributed by atoms with Crippen LogP contribution in [0.25, 0.3) is 0 Å². The molecule has 19 heavy (non-hydrogen) atoms. The molecule has 0 bridgehead atoms. The average molecular weight is 297 g/mol. The summed E-state index contributed by atoms with van der Waals surface area (Å²) in [4.78, 5) is 38.2. The van der Waals surface area contributed by atoms with Gasteiger partial charge in [0, 0.05) is 7.05 Å². The van der Waals surface area contributed by atoms with Crippen LogP contribution in [0.2, 0.25) is 0 Å². The minimum atomic E-state index is -1.44. The molecule has 0 fully saturated rings. The van der Waals surface area contributed by atoms with E-state index in [4.69, 9.17) is 10.8 Å². The smallest absolute Gasteiger partial charge is 0.412 e. The van der Waals surface area contributed by atoms with Gasteiger partial charge in [-0.1, -0.05) is 0 Å². The molecule has 0 aromatic rings. The van der Waals surface area contributed by atoms with Gasteiger partial charge in [-0.3, -0.25) is 5.32 Å². The second-order valence-electron chi connectivity index (χ2n) is 2.26. The van der Waals surface area contributed by atoms with Crippen molar-refractivity contribution in [3.05, 3.63) is 0 Å². The molecule has 0 aliphatic carbocycles. The first-order valence-electron chi connectivity index (χ1n) is 4.15. The number of nitrogens with two attached hydrogens (primary N) is 4. The van der Waals surface area contributed by atoms with Gasteiger partial charge < -0.3 is 33.4 Å². The molecule has 110 valence electrons. The lowest BCUT2D eigenvalue weighted by atomic mass is 10.9. The van der Waals surface area contributed by atoms with Gasteiger partial charge in [-0.05, 0) is 12.2 Å². The van der Waals surface area contributed by atoms with Gasteiger partial charge in [-0.15, -0.1) is 0 Å². The maximum absolute atomic E-state index is 9.62. The van der Waals surface area contributed by atoms with Gasteiger partial charge >= 0.3 is 24.2 Å². The summed E-state index contributed by atoms with van der Waals surface area (Å²) in [5.74, 6) is 0. The van der Waals surface area contributed by atoms with Crippen molar-refractivity contribution in [1.29, 1.82) is 0 Å². The van der Waals surface area contributed by atoms with E-state index in [1.807, 2.05) is 0 Å². The Balaban J connectivity index is -0.000000206. The van der Waals surface area contributed by atoms with Crippen molar-refractivity contribution in [2.24, 2.45) is 22.9 Å². The summed E-state index contributed by atoms with van der Waals surface area (Å²) in [6.07, 6.45) is -1.44. The lowest BCUT2D eigenvalue weighted by Gasteiger charge is -1.88. The van der Waals surface area contributed by atoms with Gasteiger partial charge in [0.25, 0.3) is 0 Å². The van der Waals surface area contributed by atoms with Gasteiger partial charge in [-0.25, -0.2) is 24.5 Å². The number of urea groups is 3. The van der Waals surface area contributed by atoms with Crippen LogP contribution in [0.5, 0.6) is 0 Å². The summed E-state index contributed by atoms with van der Waals surface area (Å²) >= 11 is 4.36. The molecule has 0 unspecified atom stereocenters. The first-order chi connectivity index (χ1) is 8.52. The third kappa shape index (κ3) is 51.2. The van der Waals surface area contributed by atoms with E-state index in [1.165, 1.54) is 5.32 Å². The largest absolute Gasteiger partial charge is 0.465 e. The number of nitrogens with one attached hydrogen (secondary N) is 3. The zero-order chi connectivity index (χ0) is 16.0. The summed E-state index contributed by atoms with van der Waals surface area (Å²) in [7, 11) is 1.68. The zero-order valence-electron chi connectivity index (χ0n) is 9.80. The summed E-state index contributed by atoms with van der Waals surface area (Å²) in [5, 5.41) is 13.5. The predicted molar refractivity (Wildman–Crippen MR) is 68.9 cm³/mol. The molecule has 0 saturated carbocycles. The molecule has 13 heteroatoms. The van der Waals surface area contributed by atoms with Gasteiger partial charge in [0.2, 0.25) is 0 Å².